The van der Waals surface area contributed by atoms with Gasteiger partial charge in [0.2, 0.25) is 0 Å². The quantitative estimate of drug-likeness (QED) is 0.623. The predicted molar refractivity (Wildman–Crippen MR) is 105 cm³/mol. The summed E-state index contributed by atoms with van der Waals surface area (Å²) in [5.41, 5.74) is 7.65. The Bertz CT molecular complexity index is 769. The van der Waals surface area contributed by atoms with Crippen LogP contribution in [0.3, 0.4) is 0 Å². The summed E-state index contributed by atoms with van der Waals surface area (Å²) in [7, 11) is 1.60. The lowest BCUT2D eigenvalue weighted by Crippen LogP contribution is -2.34. The second-order valence-electron chi connectivity index (χ2n) is 5.57. The molecule has 7 heteroatoms. The van der Waals surface area contributed by atoms with Gasteiger partial charge in [-0.3, -0.25) is 4.79 Å². The fourth-order valence-corrected chi connectivity index (χ4v) is 3.20. The fraction of sp³-hybridized carbons (Fsp3) is 0.316. The van der Waals surface area contributed by atoms with E-state index in [0.717, 1.165) is 15.6 Å². The molecule has 0 spiro atoms. The van der Waals surface area contributed by atoms with Crippen LogP contribution >= 0.6 is 27.5 Å². The van der Waals surface area contributed by atoms with Gasteiger partial charge < -0.3 is 19.9 Å². The molecule has 1 unspecified atom stereocenters. The summed E-state index contributed by atoms with van der Waals surface area (Å²) < 4.78 is 17.0. The summed E-state index contributed by atoms with van der Waals surface area (Å²) in [5, 5.41) is 0.622. The van der Waals surface area contributed by atoms with E-state index in [2.05, 4.69) is 15.9 Å². The van der Waals surface area contributed by atoms with Gasteiger partial charge in [-0.15, -0.1) is 0 Å². The second-order valence-corrected chi connectivity index (χ2v) is 6.86. The molecule has 0 fully saturated rings. The zero-order valence-electron chi connectivity index (χ0n) is 14.6. The Morgan fingerprint density at radius 2 is 1.96 bits per heavy atom. The van der Waals surface area contributed by atoms with Crippen molar-refractivity contribution in [1.82, 2.24) is 0 Å². The Morgan fingerprint density at radius 1 is 1.23 bits per heavy atom. The van der Waals surface area contributed by atoms with Crippen LogP contribution in [0.4, 0.5) is 0 Å². The number of ether oxygens (including phenoxy) is 3. The number of hydrogen-bond donors (Lipinski definition) is 1. The minimum absolute atomic E-state index is 0.298. The van der Waals surface area contributed by atoms with E-state index < -0.39 is 12.0 Å². The van der Waals surface area contributed by atoms with Crippen LogP contribution in [0.25, 0.3) is 0 Å². The van der Waals surface area contributed by atoms with Crippen LogP contribution < -0.4 is 15.2 Å². The molecule has 2 rings (SSSR count). The standard InChI is InChI=1S/C19H21BrClNO4/c1-3-25-19(23)16(22)9-12-4-6-17(24-2)13(8-12)11-26-18-7-5-14(21)10-15(18)20/h4-8,10,16H,3,9,11,22H2,1-2H3. The Hall–Kier alpha value is -1.76. The molecule has 0 aliphatic carbocycles. The highest BCUT2D eigenvalue weighted by Crippen LogP contribution is 2.30. The highest BCUT2D eigenvalue weighted by Gasteiger charge is 2.16. The van der Waals surface area contributed by atoms with Crippen molar-refractivity contribution in [2.24, 2.45) is 5.73 Å². The van der Waals surface area contributed by atoms with Gasteiger partial charge in [0.05, 0.1) is 18.2 Å². The SMILES string of the molecule is CCOC(=O)C(N)Cc1ccc(OC)c(COc2ccc(Cl)cc2Br)c1. The van der Waals surface area contributed by atoms with Gasteiger partial charge >= 0.3 is 5.97 Å². The third-order valence-corrected chi connectivity index (χ3v) is 4.52. The smallest absolute Gasteiger partial charge is 0.323 e. The summed E-state index contributed by atoms with van der Waals surface area (Å²) in [6, 6.07) is 10.2. The number of carbonyl (C=O) groups excluding carboxylic acids is 1. The van der Waals surface area contributed by atoms with Gasteiger partial charge in [0.1, 0.15) is 24.1 Å². The summed E-state index contributed by atoms with van der Waals surface area (Å²) in [6.45, 7) is 2.36. The number of hydrogen-bond acceptors (Lipinski definition) is 5. The number of carbonyl (C=O) groups is 1. The molecule has 0 saturated heterocycles. The average molecular weight is 443 g/mol. The van der Waals surface area contributed by atoms with E-state index in [4.69, 9.17) is 31.5 Å². The van der Waals surface area contributed by atoms with Crippen molar-refractivity contribution >= 4 is 33.5 Å². The summed E-state index contributed by atoms with van der Waals surface area (Å²) in [6.07, 6.45) is 0.375. The number of nitrogens with two attached hydrogens (primary N) is 1. The maximum atomic E-state index is 11.7. The lowest BCUT2D eigenvalue weighted by atomic mass is 10.0. The number of benzene rings is 2. The average Bonchev–Trinajstić information content (AvgIpc) is 2.61. The molecule has 1 atom stereocenters. The Labute approximate surface area is 166 Å². The molecule has 0 heterocycles. The van der Waals surface area contributed by atoms with Crippen molar-refractivity contribution in [2.45, 2.75) is 26.0 Å². The minimum atomic E-state index is -0.706. The van der Waals surface area contributed by atoms with Crippen molar-refractivity contribution in [3.63, 3.8) is 0 Å². The van der Waals surface area contributed by atoms with Gasteiger partial charge in [0.15, 0.2) is 0 Å². The molecule has 26 heavy (non-hydrogen) atoms. The molecule has 5 nitrogen and oxygen atoms in total. The molecule has 2 N–H and O–H groups in total. The molecule has 0 amide bonds. The van der Waals surface area contributed by atoms with E-state index in [1.165, 1.54) is 0 Å². The van der Waals surface area contributed by atoms with Crippen molar-refractivity contribution in [1.29, 1.82) is 0 Å². The first kappa shape index (κ1) is 20.6. The Balaban J connectivity index is 2.12. The second kappa shape index (κ2) is 9.80. The normalized spacial score (nSPS) is 11.7. The molecule has 2 aromatic rings. The van der Waals surface area contributed by atoms with Crippen LogP contribution in [0.2, 0.25) is 5.02 Å². The predicted octanol–water partition coefficient (Wildman–Crippen LogP) is 4.12. The monoisotopic (exact) mass is 441 g/mol. The maximum Gasteiger partial charge on any atom is 0.323 e. The lowest BCUT2D eigenvalue weighted by molar-refractivity contribution is -0.144. The first-order valence-electron chi connectivity index (χ1n) is 8.10. The van der Waals surface area contributed by atoms with Gasteiger partial charge in [-0.05, 0) is 65.2 Å². The molecule has 140 valence electrons. The van der Waals surface area contributed by atoms with Gasteiger partial charge in [-0.25, -0.2) is 0 Å². The Morgan fingerprint density at radius 3 is 2.62 bits per heavy atom. The van der Waals surface area contributed by atoms with Crippen molar-refractivity contribution in [3.05, 3.63) is 57.0 Å². The Kier molecular flexibility index (Phi) is 7.75. The molecule has 0 bridgehead atoms. The zero-order valence-corrected chi connectivity index (χ0v) is 17.0. The molecule has 0 radical (unpaired) electrons. The molecular weight excluding hydrogens is 422 g/mol. The van der Waals surface area contributed by atoms with Crippen molar-refractivity contribution < 1.29 is 19.0 Å². The van der Waals surface area contributed by atoms with Gasteiger partial charge in [-0.2, -0.15) is 0 Å². The highest BCUT2D eigenvalue weighted by molar-refractivity contribution is 9.10. The maximum absolute atomic E-state index is 11.7. The molecule has 0 aliphatic heterocycles. The van der Waals surface area contributed by atoms with E-state index >= 15 is 0 Å². The first-order valence-corrected chi connectivity index (χ1v) is 9.27. The number of methoxy groups -OCH3 is 1. The van der Waals surface area contributed by atoms with Crippen LogP contribution in [-0.4, -0.2) is 25.7 Å². The zero-order chi connectivity index (χ0) is 19.1. The topological polar surface area (TPSA) is 70.8 Å². The summed E-state index contributed by atoms with van der Waals surface area (Å²) in [5.74, 6) is 0.958. The largest absolute Gasteiger partial charge is 0.496 e. The van der Waals surface area contributed by atoms with Crippen LogP contribution in [0.1, 0.15) is 18.1 Å². The van der Waals surface area contributed by atoms with E-state index in [0.29, 0.717) is 36.2 Å². The van der Waals surface area contributed by atoms with E-state index in [1.807, 2.05) is 18.2 Å². The summed E-state index contributed by atoms with van der Waals surface area (Å²) >= 11 is 9.37. The number of esters is 1. The molecular formula is C19H21BrClNO4. The summed E-state index contributed by atoms with van der Waals surface area (Å²) in [4.78, 5) is 11.7. The minimum Gasteiger partial charge on any atom is -0.496 e. The van der Waals surface area contributed by atoms with Gasteiger partial charge in [-0.1, -0.05) is 17.7 Å². The van der Waals surface area contributed by atoms with Gasteiger partial charge in [0, 0.05) is 10.6 Å². The molecule has 0 aliphatic rings. The van der Waals surface area contributed by atoms with Crippen LogP contribution in [0.5, 0.6) is 11.5 Å². The number of halogens is 2. The lowest BCUT2D eigenvalue weighted by Gasteiger charge is -2.15. The van der Waals surface area contributed by atoms with E-state index in [9.17, 15) is 4.79 Å². The van der Waals surface area contributed by atoms with Crippen LogP contribution in [0, 0.1) is 0 Å². The molecule has 0 aromatic heterocycles. The van der Waals surface area contributed by atoms with Crippen LogP contribution in [-0.2, 0) is 22.6 Å². The van der Waals surface area contributed by atoms with Crippen LogP contribution in [0.15, 0.2) is 40.9 Å². The van der Waals surface area contributed by atoms with Gasteiger partial charge in [0.25, 0.3) is 0 Å². The van der Waals surface area contributed by atoms with E-state index in [-0.39, 0.29) is 0 Å². The third-order valence-electron chi connectivity index (χ3n) is 3.67. The van der Waals surface area contributed by atoms with Crippen molar-refractivity contribution in [3.8, 4) is 11.5 Å². The fourth-order valence-electron chi connectivity index (χ4n) is 2.41. The first-order chi connectivity index (χ1) is 12.4. The highest BCUT2D eigenvalue weighted by atomic mass is 79.9. The number of rotatable bonds is 8. The molecule has 2 aromatic carbocycles. The molecule has 0 saturated carbocycles. The van der Waals surface area contributed by atoms with E-state index in [1.54, 1.807) is 32.2 Å². The van der Waals surface area contributed by atoms with Crippen molar-refractivity contribution in [2.75, 3.05) is 13.7 Å². The third kappa shape index (κ3) is 5.62.